The topological polar surface area (TPSA) is 33.1 Å². The summed E-state index contributed by atoms with van der Waals surface area (Å²) < 4.78 is 2.44. The molecule has 134 valence electrons. The Morgan fingerprint density at radius 1 is 1.08 bits per heavy atom. The second kappa shape index (κ2) is 7.87. The van der Waals surface area contributed by atoms with E-state index in [4.69, 9.17) is 0 Å². The van der Waals surface area contributed by atoms with Crippen molar-refractivity contribution in [2.24, 2.45) is 5.92 Å². The monoisotopic (exact) mass is 338 g/mol. The molecule has 0 aliphatic heterocycles. The van der Waals surface area contributed by atoms with Gasteiger partial charge in [0.1, 0.15) is 0 Å². The molecule has 4 nitrogen and oxygen atoms in total. The van der Waals surface area contributed by atoms with E-state index in [1.165, 1.54) is 28.2 Å². The highest BCUT2D eigenvalue weighted by Crippen LogP contribution is 2.33. The number of fused-ring (bicyclic) bond motifs is 3. The number of rotatable bonds is 8. The van der Waals surface area contributed by atoms with Gasteiger partial charge in [0.15, 0.2) is 5.82 Å². The first-order valence-electron chi connectivity index (χ1n) is 9.32. The van der Waals surface area contributed by atoms with Gasteiger partial charge in [-0.2, -0.15) is 0 Å². The minimum atomic E-state index is 0.590. The van der Waals surface area contributed by atoms with Crippen LogP contribution in [0.1, 0.15) is 26.7 Å². The summed E-state index contributed by atoms with van der Waals surface area (Å²) in [7, 11) is 4.25. The Bertz CT molecular complexity index is 832. The number of nitrogens with one attached hydrogen (secondary N) is 1. The van der Waals surface area contributed by atoms with E-state index in [1.807, 2.05) is 6.20 Å². The minimum Gasteiger partial charge on any atom is -0.368 e. The van der Waals surface area contributed by atoms with Gasteiger partial charge in [0.2, 0.25) is 0 Å². The number of hydrogen-bond acceptors (Lipinski definition) is 3. The summed E-state index contributed by atoms with van der Waals surface area (Å²) in [5.41, 5.74) is 2.54. The molecule has 3 aromatic rings. The normalized spacial score (nSPS) is 11.9. The van der Waals surface area contributed by atoms with Crippen molar-refractivity contribution in [1.29, 1.82) is 0 Å². The average Bonchev–Trinajstić information content (AvgIpc) is 2.89. The molecule has 1 N–H and O–H groups in total. The van der Waals surface area contributed by atoms with Crippen molar-refractivity contribution >= 4 is 27.6 Å². The molecule has 2 heterocycles. The van der Waals surface area contributed by atoms with E-state index < -0.39 is 0 Å². The van der Waals surface area contributed by atoms with Gasteiger partial charge in [-0.3, -0.25) is 0 Å². The molecule has 25 heavy (non-hydrogen) atoms. The molecular weight excluding hydrogens is 308 g/mol. The zero-order valence-electron chi connectivity index (χ0n) is 15.9. The third-order valence-electron chi connectivity index (χ3n) is 4.55. The van der Waals surface area contributed by atoms with Gasteiger partial charge in [-0.1, -0.05) is 32.0 Å². The maximum absolute atomic E-state index is 4.66. The van der Waals surface area contributed by atoms with Gasteiger partial charge < -0.3 is 14.8 Å². The fraction of sp³-hybridized carbons (Fsp3) is 0.476. The van der Waals surface area contributed by atoms with Gasteiger partial charge in [-0.25, -0.2) is 4.98 Å². The van der Waals surface area contributed by atoms with Crippen LogP contribution in [0.15, 0.2) is 36.5 Å². The molecule has 0 bridgehead atoms. The zero-order valence-corrected chi connectivity index (χ0v) is 15.9. The van der Waals surface area contributed by atoms with Gasteiger partial charge in [0, 0.05) is 35.6 Å². The molecule has 4 heteroatoms. The molecule has 0 saturated carbocycles. The lowest BCUT2D eigenvalue weighted by Gasteiger charge is -2.14. The number of nitrogens with zero attached hydrogens (tertiary/aromatic N) is 3. The van der Waals surface area contributed by atoms with Crippen LogP contribution in [0.2, 0.25) is 0 Å². The summed E-state index contributed by atoms with van der Waals surface area (Å²) >= 11 is 0. The Morgan fingerprint density at radius 3 is 2.64 bits per heavy atom. The first-order valence-corrected chi connectivity index (χ1v) is 9.32. The molecule has 1 aromatic carbocycles. The van der Waals surface area contributed by atoms with Gasteiger partial charge >= 0.3 is 0 Å². The molecular formula is C21H30N4. The fourth-order valence-corrected chi connectivity index (χ4v) is 3.45. The molecule has 0 unspecified atom stereocenters. The number of pyridine rings is 1. The van der Waals surface area contributed by atoms with Crippen molar-refractivity contribution < 1.29 is 0 Å². The summed E-state index contributed by atoms with van der Waals surface area (Å²) in [6, 6.07) is 10.8. The summed E-state index contributed by atoms with van der Waals surface area (Å²) in [6.45, 7) is 7.64. The number of para-hydroxylation sites is 1. The summed E-state index contributed by atoms with van der Waals surface area (Å²) in [6.07, 6.45) is 4.28. The number of hydrogen-bond donors (Lipinski definition) is 1. The first-order chi connectivity index (χ1) is 12.1. The van der Waals surface area contributed by atoms with Crippen molar-refractivity contribution in [2.75, 3.05) is 32.5 Å². The second-order valence-corrected chi connectivity index (χ2v) is 7.51. The highest BCUT2D eigenvalue weighted by molar-refractivity contribution is 6.11. The Labute approximate surface area is 150 Å². The van der Waals surface area contributed by atoms with E-state index in [-0.39, 0.29) is 0 Å². The molecule has 0 atom stereocenters. The van der Waals surface area contributed by atoms with Crippen LogP contribution in [0.3, 0.4) is 0 Å². The molecule has 3 rings (SSSR count). The van der Waals surface area contributed by atoms with Crippen LogP contribution in [-0.2, 0) is 6.54 Å². The van der Waals surface area contributed by atoms with Crippen molar-refractivity contribution in [2.45, 2.75) is 33.2 Å². The van der Waals surface area contributed by atoms with Crippen molar-refractivity contribution in [3.8, 4) is 0 Å². The largest absolute Gasteiger partial charge is 0.368 e. The van der Waals surface area contributed by atoms with Gasteiger partial charge in [-0.15, -0.1) is 0 Å². The third-order valence-corrected chi connectivity index (χ3v) is 4.55. The molecule has 0 amide bonds. The molecule has 2 aromatic heterocycles. The van der Waals surface area contributed by atoms with Crippen LogP contribution in [0.25, 0.3) is 21.8 Å². The maximum Gasteiger partial charge on any atom is 0.150 e. The SMILES string of the molecule is CC(C)Cn1c2ccccc2c2ccnc(NCCCCN(C)C)c21. The van der Waals surface area contributed by atoms with E-state index in [0.29, 0.717) is 5.92 Å². The highest BCUT2D eigenvalue weighted by Gasteiger charge is 2.15. The fourth-order valence-electron chi connectivity index (χ4n) is 3.45. The number of aromatic nitrogens is 2. The first kappa shape index (κ1) is 17.7. The molecule has 0 spiro atoms. The average molecular weight is 338 g/mol. The van der Waals surface area contributed by atoms with Gasteiger partial charge in [-0.05, 0) is 51.5 Å². The van der Waals surface area contributed by atoms with Crippen molar-refractivity contribution in [3.63, 3.8) is 0 Å². The zero-order chi connectivity index (χ0) is 17.8. The van der Waals surface area contributed by atoms with Crippen LogP contribution < -0.4 is 5.32 Å². The van der Waals surface area contributed by atoms with Crippen LogP contribution in [-0.4, -0.2) is 41.6 Å². The maximum atomic E-state index is 4.66. The van der Waals surface area contributed by atoms with Gasteiger partial charge in [0.05, 0.1) is 5.52 Å². The van der Waals surface area contributed by atoms with E-state index in [9.17, 15) is 0 Å². The lowest BCUT2D eigenvalue weighted by molar-refractivity contribution is 0.396. The van der Waals surface area contributed by atoms with Crippen molar-refractivity contribution in [3.05, 3.63) is 36.5 Å². The number of anilines is 1. The Morgan fingerprint density at radius 2 is 1.88 bits per heavy atom. The number of benzene rings is 1. The Kier molecular flexibility index (Phi) is 5.59. The van der Waals surface area contributed by atoms with Crippen LogP contribution in [0, 0.1) is 5.92 Å². The highest BCUT2D eigenvalue weighted by atomic mass is 15.1. The van der Waals surface area contributed by atoms with Gasteiger partial charge in [0.25, 0.3) is 0 Å². The summed E-state index contributed by atoms with van der Waals surface area (Å²) in [5, 5.41) is 6.20. The summed E-state index contributed by atoms with van der Waals surface area (Å²) in [5.74, 6) is 1.60. The minimum absolute atomic E-state index is 0.590. The standard InChI is InChI=1S/C21H30N4/c1-16(2)15-25-19-10-6-5-9-17(19)18-11-13-23-21(20(18)25)22-12-7-8-14-24(3)4/h5-6,9-11,13,16H,7-8,12,14-15H2,1-4H3,(H,22,23). The Balaban J connectivity index is 1.93. The van der Waals surface area contributed by atoms with E-state index in [1.54, 1.807) is 0 Å². The smallest absolute Gasteiger partial charge is 0.150 e. The van der Waals surface area contributed by atoms with E-state index in [2.05, 4.69) is 78.0 Å². The van der Waals surface area contributed by atoms with E-state index >= 15 is 0 Å². The van der Waals surface area contributed by atoms with Crippen LogP contribution >= 0.6 is 0 Å². The second-order valence-electron chi connectivity index (χ2n) is 7.51. The predicted octanol–water partition coefficient (Wildman–Crippen LogP) is 4.60. The summed E-state index contributed by atoms with van der Waals surface area (Å²) in [4.78, 5) is 6.90. The molecule has 0 saturated heterocycles. The lowest BCUT2D eigenvalue weighted by atomic mass is 10.2. The van der Waals surface area contributed by atoms with Crippen molar-refractivity contribution in [1.82, 2.24) is 14.5 Å². The molecule has 0 aliphatic carbocycles. The number of unbranched alkanes of at least 4 members (excludes halogenated alkanes) is 1. The van der Waals surface area contributed by atoms with Crippen LogP contribution in [0.5, 0.6) is 0 Å². The lowest BCUT2D eigenvalue weighted by Crippen LogP contribution is -2.14. The quantitative estimate of drug-likeness (QED) is 0.609. The molecule has 0 fully saturated rings. The van der Waals surface area contributed by atoms with E-state index in [0.717, 1.165) is 31.9 Å². The molecule has 0 radical (unpaired) electrons. The Hall–Kier alpha value is -2.07. The van der Waals surface area contributed by atoms with Crippen LogP contribution in [0.4, 0.5) is 5.82 Å². The predicted molar refractivity (Wildman–Crippen MR) is 108 cm³/mol. The molecule has 0 aliphatic rings. The third kappa shape index (κ3) is 3.96.